The second kappa shape index (κ2) is 5.84. The number of phenolic OH excluding ortho intramolecular Hbond substituents is 1. The molecule has 0 spiro atoms. The van der Waals surface area contributed by atoms with E-state index in [1.165, 1.54) is 0 Å². The molecule has 0 amide bonds. The zero-order valence-corrected chi connectivity index (χ0v) is 13.7. The van der Waals surface area contributed by atoms with E-state index in [1.807, 2.05) is 53.8 Å². The van der Waals surface area contributed by atoms with Gasteiger partial charge in [-0.25, -0.2) is 4.98 Å². The van der Waals surface area contributed by atoms with Crippen LogP contribution in [0, 0.1) is 18.3 Å². The third kappa shape index (κ3) is 2.54. The molecule has 0 radical (unpaired) electrons. The minimum Gasteiger partial charge on any atom is -0.508 e. The highest BCUT2D eigenvalue weighted by Crippen LogP contribution is 2.27. The molecule has 0 aliphatic rings. The highest BCUT2D eigenvalue weighted by molar-refractivity contribution is 5.85. The van der Waals surface area contributed by atoms with Gasteiger partial charge in [0.2, 0.25) is 0 Å². The monoisotopic (exact) mass is 328 g/mol. The summed E-state index contributed by atoms with van der Waals surface area (Å²) >= 11 is 0. The number of anilines is 1. The van der Waals surface area contributed by atoms with Crippen LogP contribution in [0.2, 0.25) is 0 Å². The molecule has 0 atom stereocenters. The van der Waals surface area contributed by atoms with Crippen LogP contribution in [0.25, 0.3) is 16.7 Å². The first-order valence-electron chi connectivity index (χ1n) is 8.00. The van der Waals surface area contributed by atoms with Crippen molar-refractivity contribution in [1.82, 2.24) is 9.38 Å². The predicted octanol–water partition coefficient (Wildman–Crippen LogP) is 3.99. The zero-order valence-electron chi connectivity index (χ0n) is 13.7. The molecule has 2 aromatic heterocycles. The molecule has 25 heavy (non-hydrogen) atoms. The maximum atomic E-state index is 9.62. The molecule has 0 bridgehead atoms. The summed E-state index contributed by atoms with van der Waals surface area (Å²) in [6, 6.07) is 19.2. The number of fused-ring (bicyclic) bond motifs is 3. The highest BCUT2D eigenvalue weighted by Gasteiger charge is 2.14. The van der Waals surface area contributed by atoms with Crippen LogP contribution in [0.3, 0.4) is 0 Å². The molecular weight excluding hydrogens is 312 g/mol. The molecular formula is C20H16N4O. The molecule has 0 saturated carbocycles. The Hall–Kier alpha value is -3.52. The number of pyridine rings is 1. The molecule has 4 rings (SSSR count). The number of nitriles is 1. The normalized spacial score (nSPS) is 10.9. The van der Waals surface area contributed by atoms with Crippen molar-refractivity contribution in [2.24, 2.45) is 0 Å². The lowest BCUT2D eigenvalue weighted by Crippen LogP contribution is -2.06. The Balaban J connectivity index is 1.87. The van der Waals surface area contributed by atoms with E-state index in [4.69, 9.17) is 0 Å². The summed E-state index contributed by atoms with van der Waals surface area (Å²) in [5, 5.41) is 22.5. The molecule has 0 fully saturated rings. The molecule has 2 N–H and O–H groups in total. The zero-order chi connectivity index (χ0) is 17.4. The summed E-state index contributed by atoms with van der Waals surface area (Å²) in [5.41, 5.74) is 4.89. The number of rotatable bonds is 3. The summed E-state index contributed by atoms with van der Waals surface area (Å²) in [4.78, 5) is 4.64. The number of nitrogens with zero attached hydrogens (tertiary/aromatic N) is 3. The Kier molecular flexibility index (Phi) is 3.51. The number of hydrogen-bond acceptors (Lipinski definition) is 4. The molecule has 4 aromatic rings. The second-order valence-corrected chi connectivity index (χ2v) is 5.98. The van der Waals surface area contributed by atoms with E-state index in [1.54, 1.807) is 12.1 Å². The first-order chi connectivity index (χ1) is 12.2. The van der Waals surface area contributed by atoms with Crippen LogP contribution in [-0.4, -0.2) is 14.5 Å². The maximum Gasteiger partial charge on any atom is 0.157 e. The van der Waals surface area contributed by atoms with Gasteiger partial charge in [-0.05, 0) is 48.4 Å². The quantitative estimate of drug-likeness (QED) is 0.596. The minimum absolute atomic E-state index is 0.244. The van der Waals surface area contributed by atoms with E-state index in [0.29, 0.717) is 17.8 Å². The average molecular weight is 328 g/mol. The van der Waals surface area contributed by atoms with Crippen molar-refractivity contribution in [3.05, 3.63) is 71.3 Å². The van der Waals surface area contributed by atoms with Crippen molar-refractivity contribution in [3.63, 3.8) is 0 Å². The topological polar surface area (TPSA) is 73.3 Å². The number of para-hydroxylation sites is 2. The number of aromatic hydroxyl groups is 1. The van der Waals surface area contributed by atoms with Crippen LogP contribution in [0.4, 0.5) is 5.82 Å². The number of nitrogens with one attached hydrogen (secondary N) is 1. The molecule has 2 aromatic carbocycles. The molecule has 0 unspecified atom stereocenters. The lowest BCUT2D eigenvalue weighted by molar-refractivity contribution is 0.474. The third-order valence-electron chi connectivity index (χ3n) is 4.27. The van der Waals surface area contributed by atoms with Crippen molar-refractivity contribution in [2.45, 2.75) is 13.5 Å². The summed E-state index contributed by atoms with van der Waals surface area (Å²) in [5.74, 6) is 1.11. The highest BCUT2D eigenvalue weighted by atomic mass is 16.3. The molecule has 0 saturated heterocycles. The third-order valence-corrected chi connectivity index (χ3v) is 4.27. The van der Waals surface area contributed by atoms with Crippen LogP contribution in [0.1, 0.15) is 16.7 Å². The largest absolute Gasteiger partial charge is 0.508 e. The Bertz CT molecular complexity index is 1140. The fraction of sp³-hybridized carbons (Fsp3) is 0.100. The summed E-state index contributed by atoms with van der Waals surface area (Å²) in [6.45, 7) is 2.47. The average Bonchev–Trinajstić information content (AvgIpc) is 2.99. The van der Waals surface area contributed by atoms with E-state index in [-0.39, 0.29) is 5.75 Å². The second-order valence-electron chi connectivity index (χ2n) is 5.98. The van der Waals surface area contributed by atoms with Crippen LogP contribution in [-0.2, 0) is 6.54 Å². The van der Waals surface area contributed by atoms with Gasteiger partial charge < -0.3 is 10.4 Å². The van der Waals surface area contributed by atoms with Crippen molar-refractivity contribution >= 4 is 22.5 Å². The number of hydrogen-bond donors (Lipinski definition) is 2. The molecule has 5 heteroatoms. The first kappa shape index (κ1) is 15.0. The summed E-state index contributed by atoms with van der Waals surface area (Å²) in [6.07, 6.45) is 0. The van der Waals surface area contributed by atoms with Gasteiger partial charge in [-0.2, -0.15) is 5.26 Å². The SMILES string of the molecule is Cc1cc(NCc2cccc(O)c2)n2c(nc3ccccc32)c1C#N. The lowest BCUT2D eigenvalue weighted by atomic mass is 10.1. The number of aryl methyl sites for hydroxylation is 1. The van der Waals surface area contributed by atoms with Gasteiger partial charge in [0, 0.05) is 6.54 Å². The number of imidazole rings is 1. The number of aromatic nitrogens is 2. The molecule has 5 nitrogen and oxygen atoms in total. The maximum absolute atomic E-state index is 9.62. The predicted molar refractivity (Wildman–Crippen MR) is 97.6 cm³/mol. The van der Waals surface area contributed by atoms with Gasteiger partial charge in [0.15, 0.2) is 5.65 Å². The Morgan fingerprint density at radius 2 is 2.00 bits per heavy atom. The number of phenols is 1. The van der Waals surface area contributed by atoms with Crippen molar-refractivity contribution < 1.29 is 5.11 Å². The van der Waals surface area contributed by atoms with Gasteiger partial charge in [0.05, 0.1) is 16.6 Å². The van der Waals surface area contributed by atoms with Gasteiger partial charge in [-0.1, -0.05) is 24.3 Å². The molecule has 0 aliphatic heterocycles. The van der Waals surface area contributed by atoms with Gasteiger partial charge >= 0.3 is 0 Å². The molecule has 122 valence electrons. The van der Waals surface area contributed by atoms with E-state index < -0.39 is 0 Å². The van der Waals surface area contributed by atoms with E-state index in [9.17, 15) is 10.4 Å². The van der Waals surface area contributed by atoms with Gasteiger partial charge in [-0.15, -0.1) is 0 Å². The fourth-order valence-corrected chi connectivity index (χ4v) is 3.08. The van der Waals surface area contributed by atoms with E-state index >= 15 is 0 Å². The van der Waals surface area contributed by atoms with Crippen LogP contribution in [0.15, 0.2) is 54.6 Å². The van der Waals surface area contributed by atoms with E-state index in [0.717, 1.165) is 28.0 Å². The molecule has 0 aliphatic carbocycles. The van der Waals surface area contributed by atoms with Crippen molar-refractivity contribution in [2.75, 3.05) is 5.32 Å². The Morgan fingerprint density at radius 1 is 1.16 bits per heavy atom. The van der Waals surface area contributed by atoms with Crippen LogP contribution >= 0.6 is 0 Å². The van der Waals surface area contributed by atoms with Gasteiger partial charge in [0.1, 0.15) is 17.6 Å². The summed E-state index contributed by atoms with van der Waals surface area (Å²) < 4.78 is 1.98. The Morgan fingerprint density at radius 3 is 2.80 bits per heavy atom. The molecule has 2 heterocycles. The smallest absolute Gasteiger partial charge is 0.157 e. The van der Waals surface area contributed by atoms with Crippen LogP contribution < -0.4 is 5.32 Å². The minimum atomic E-state index is 0.244. The van der Waals surface area contributed by atoms with Crippen LogP contribution in [0.5, 0.6) is 5.75 Å². The van der Waals surface area contributed by atoms with Gasteiger partial charge in [0.25, 0.3) is 0 Å². The lowest BCUT2D eigenvalue weighted by Gasteiger charge is -2.12. The Labute approximate surface area is 144 Å². The standard InChI is InChI=1S/C20H16N4O/c1-13-9-19(22-12-14-5-4-6-15(25)10-14)24-18-8-3-2-7-17(18)23-20(24)16(13)11-21/h2-10,22,25H,12H2,1H3. The van der Waals surface area contributed by atoms with Crippen molar-refractivity contribution in [3.8, 4) is 11.8 Å². The van der Waals surface area contributed by atoms with E-state index in [2.05, 4.69) is 16.4 Å². The summed E-state index contributed by atoms with van der Waals surface area (Å²) in [7, 11) is 0. The fourth-order valence-electron chi connectivity index (χ4n) is 3.08. The first-order valence-corrected chi connectivity index (χ1v) is 8.00. The van der Waals surface area contributed by atoms with Gasteiger partial charge in [-0.3, -0.25) is 4.40 Å². The van der Waals surface area contributed by atoms with Crippen molar-refractivity contribution in [1.29, 1.82) is 5.26 Å². The number of benzene rings is 2.